The van der Waals surface area contributed by atoms with E-state index in [1.807, 2.05) is 44.2 Å². The lowest BCUT2D eigenvalue weighted by Crippen LogP contribution is -2.52. The summed E-state index contributed by atoms with van der Waals surface area (Å²) in [6.07, 6.45) is 1.32. The van der Waals surface area contributed by atoms with E-state index in [0.717, 1.165) is 12.0 Å². The van der Waals surface area contributed by atoms with Crippen molar-refractivity contribution >= 4 is 46.8 Å². The van der Waals surface area contributed by atoms with Crippen LogP contribution in [0.1, 0.15) is 65.0 Å². The number of halogens is 2. The number of rotatable bonds is 12. The van der Waals surface area contributed by atoms with Crippen LogP contribution >= 0.6 is 23.2 Å². The van der Waals surface area contributed by atoms with Crippen molar-refractivity contribution in [3.05, 3.63) is 105 Å². The zero-order valence-corrected chi connectivity index (χ0v) is 24.6. The Morgan fingerprint density at radius 1 is 0.927 bits per heavy atom. The van der Waals surface area contributed by atoms with Gasteiger partial charge in [0, 0.05) is 42.0 Å². The molecular formula is C32H33Cl2N3O4. The number of hydrogen-bond donors (Lipinski definition) is 1. The van der Waals surface area contributed by atoms with Crippen molar-refractivity contribution in [2.75, 3.05) is 6.54 Å². The summed E-state index contributed by atoms with van der Waals surface area (Å²) in [5.74, 6) is -1.27. The van der Waals surface area contributed by atoms with Gasteiger partial charge in [0.05, 0.1) is 11.1 Å². The smallest absolute Gasteiger partial charge is 0.261 e. The second-order valence-corrected chi connectivity index (χ2v) is 11.0. The summed E-state index contributed by atoms with van der Waals surface area (Å²) in [5.41, 5.74) is 2.29. The van der Waals surface area contributed by atoms with Gasteiger partial charge < -0.3 is 10.2 Å². The van der Waals surface area contributed by atoms with Crippen LogP contribution in [0.4, 0.5) is 0 Å². The third kappa shape index (κ3) is 7.34. The van der Waals surface area contributed by atoms with Crippen LogP contribution in [-0.2, 0) is 22.6 Å². The molecule has 9 heteroatoms. The third-order valence-corrected chi connectivity index (χ3v) is 7.87. The summed E-state index contributed by atoms with van der Waals surface area (Å²) >= 11 is 12.6. The molecule has 7 nitrogen and oxygen atoms in total. The fourth-order valence-electron chi connectivity index (χ4n) is 4.80. The maximum Gasteiger partial charge on any atom is 0.261 e. The largest absolute Gasteiger partial charge is 0.352 e. The predicted molar refractivity (Wildman–Crippen MR) is 160 cm³/mol. The van der Waals surface area contributed by atoms with Crippen LogP contribution in [0.3, 0.4) is 0 Å². The summed E-state index contributed by atoms with van der Waals surface area (Å²) in [4.78, 5) is 55.8. The number of imide groups is 1. The summed E-state index contributed by atoms with van der Waals surface area (Å²) in [7, 11) is 0. The third-order valence-electron chi connectivity index (χ3n) is 7.28. The topological polar surface area (TPSA) is 86.8 Å². The van der Waals surface area contributed by atoms with Crippen molar-refractivity contribution in [3.8, 4) is 0 Å². The van der Waals surface area contributed by atoms with E-state index in [1.54, 1.807) is 47.4 Å². The number of nitrogens with one attached hydrogen (secondary N) is 1. The molecule has 4 rings (SSSR count). The van der Waals surface area contributed by atoms with E-state index in [1.165, 1.54) is 4.90 Å². The molecule has 0 aromatic heterocycles. The van der Waals surface area contributed by atoms with Gasteiger partial charge >= 0.3 is 0 Å². The van der Waals surface area contributed by atoms with Gasteiger partial charge in [0.2, 0.25) is 11.8 Å². The van der Waals surface area contributed by atoms with Gasteiger partial charge in [0.25, 0.3) is 11.8 Å². The fourth-order valence-corrected chi connectivity index (χ4v) is 5.27. The van der Waals surface area contributed by atoms with Gasteiger partial charge in [-0.2, -0.15) is 0 Å². The van der Waals surface area contributed by atoms with E-state index in [4.69, 9.17) is 23.2 Å². The maximum absolute atomic E-state index is 13.9. The molecule has 0 unspecified atom stereocenters. The van der Waals surface area contributed by atoms with Crippen molar-refractivity contribution in [1.29, 1.82) is 0 Å². The number of amides is 4. The number of hydrogen-bond acceptors (Lipinski definition) is 4. The Labute approximate surface area is 250 Å². The average Bonchev–Trinajstić information content (AvgIpc) is 3.21. The minimum Gasteiger partial charge on any atom is -0.352 e. The lowest BCUT2D eigenvalue weighted by atomic mass is 10.0. The first-order valence-corrected chi connectivity index (χ1v) is 14.5. The number of carbonyl (C=O) groups is 4. The van der Waals surface area contributed by atoms with Gasteiger partial charge in [-0.3, -0.25) is 24.1 Å². The SMILES string of the molecule is CC[C@@H](C)NC(=O)[C@H](Cc1ccccc1)N(Cc1ccc(Cl)cc1Cl)C(=O)CCCN1C(=O)c2ccccc2C1=O. The number of carbonyl (C=O) groups excluding carboxylic acids is 4. The van der Waals surface area contributed by atoms with E-state index in [0.29, 0.717) is 33.2 Å². The molecule has 41 heavy (non-hydrogen) atoms. The van der Waals surface area contributed by atoms with Crippen LogP contribution in [0.25, 0.3) is 0 Å². The molecule has 3 aromatic rings. The standard InChI is InChI=1S/C32H33Cl2N3O4/c1-3-21(2)35-30(39)28(18-22-10-5-4-6-11-22)37(20-23-15-16-24(33)19-27(23)34)29(38)14-9-17-36-31(40)25-12-7-8-13-26(25)32(36)41/h4-8,10-13,15-16,19,21,28H,3,9,14,17-18,20H2,1-2H3,(H,35,39)/t21-,28+/m1/s1. The zero-order chi connectivity index (χ0) is 29.5. The first kappa shape index (κ1) is 30.3. The quantitative estimate of drug-likeness (QED) is 0.264. The van der Waals surface area contributed by atoms with E-state index in [-0.39, 0.29) is 55.6 Å². The Balaban J connectivity index is 1.57. The fraction of sp³-hybridized carbons (Fsp3) is 0.312. The average molecular weight is 595 g/mol. The molecule has 0 spiro atoms. The van der Waals surface area contributed by atoms with Crippen molar-refractivity contribution in [2.24, 2.45) is 0 Å². The monoisotopic (exact) mass is 593 g/mol. The van der Waals surface area contributed by atoms with Crippen LogP contribution in [0.15, 0.2) is 72.8 Å². The lowest BCUT2D eigenvalue weighted by Gasteiger charge is -2.33. The highest BCUT2D eigenvalue weighted by atomic mass is 35.5. The molecule has 1 heterocycles. The highest BCUT2D eigenvalue weighted by Crippen LogP contribution is 2.26. The predicted octanol–water partition coefficient (Wildman–Crippen LogP) is 5.92. The number of nitrogens with zero attached hydrogens (tertiary/aromatic N) is 2. The van der Waals surface area contributed by atoms with Gasteiger partial charge in [-0.1, -0.05) is 78.7 Å². The number of fused-ring (bicyclic) bond motifs is 1. The molecule has 4 amide bonds. The minimum atomic E-state index is -0.815. The minimum absolute atomic E-state index is 0.0283. The molecule has 3 aromatic carbocycles. The van der Waals surface area contributed by atoms with E-state index < -0.39 is 6.04 Å². The summed E-state index contributed by atoms with van der Waals surface area (Å²) in [6, 6.07) is 20.4. The van der Waals surface area contributed by atoms with Crippen LogP contribution < -0.4 is 5.32 Å². The van der Waals surface area contributed by atoms with E-state index >= 15 is 0 Å². The first-order valence-electron chi connectivity index (χ1n) is 13.7. The van der Waals surface area contributed by atoms with Crippen molar-refractivity contribution in [1.82, 2.24) is 15.1 Å². The molecule has 1 aliphatic heterocycles. The molecule has 0 fully saturated rings. The second kappa shape index (κ2) is 13.8. The molecule has 0 saturated heterocycles. The van der Waals surface area contributed by atoms with Gasteiger partial charge in [-0.05, 0) is 55.2 Å². The second-order valence-electron chi connectivity index (χ2n) is 10.2. The Morgan fingerprint density at radius 3 is 2.17 bits per heavy atom. The van der Waals surface area contributed by atoms with Crippen molar-refractivity contribution in [3.63, 3.8) is 0 Å². The van der Waals surface area contributed by atoms with Gasteiger partial charge in [-0.15, -0.1) is 0 Å². The zero-order valence-electron chi connectivity index (χ0n) is 23.1. The van der Waals surface area contributed by atoms with Crippen LogP contribution in [0.5, 0.6) is 0 Å². The molecule has 0 radical (unpaired) electrons. The normalized spacial score (nSPS) is 14.0. The van der Waals surface area contributed by atoms with Crippen molar-refractivity contribution in [2.45, 2.75) is 58.2 Å². The highest BCUT2D eigenvalue weighted by molar-refractivity contribution is 6.35. The molecule has 2 atom stereocenters. The van der Waals surface area contributed by atoms with Crippen LogP contribution in [-0.4, -0.2) is 52.1 Å². The Hall–Kier alpha value is -3.68. The van der Waals surface area contributed by atoms with Crippen LogP contribution in [0, 0.1) is 0 Å². The van der Waals surface area contributed by atoms with E-state index in [2.05, 4.69) is 5.32 Å². The van der Waals surface area contributed by atoms with Crippen molar-refractivity contribution < 1.29 is 19.2 Å². The molecular weight excluding hydrogens is 561 g/mol. The van der Waals surface area contributed by atoms with Gasteiger partial charge in [0.1, 0.15) is 6.04 Å². The Bertz CT molecular complexity index is 1390. The molecule has 0 bridgehead atoms. The van der Waals surface area contributed by atoms with E-state index in [9.17, 15) is 19.2 Å². The molecule has 1 aliphatic rings. The lowest BCUT2D eigenvalue weighted by molar-refractivity contribution is -0.141. The molecule has 214 valence electrons. The summed E-state index contributed by atoms with van der Waals surface area (Å²) in [5, 5.41) is 3.89. The maximum atomic E-state index is 13.9. The summed E-state index contributed by atoms with van der Waals surface area (Å²) < 4.78 is 0. The molecule has 1 N–H and O–H groups in total. The number of benzene rings is 3. The molecule has 0 aliphatic carbocycles. The first-order chi connectivity index (χ1) is 19.7. The Morgan fingerprint density at radius 2 is 1.56 bits per heavy atom. The summed E-state index contributed by atoms with van der Waals surface area (Å²) in [6.45, 7) is 4.08. The molecule has 0 saturated carbocycles. The van der Waals surface area contributed by atoms with Gasteiger partial charge in [-0.25, -0.2) is 0 Å². The highest BCUT2D eigenvalue weighted by Gasteiger charge is 2.35. The van der Waals surface area contributed by atoms with Crippen LogP contribution in [0.2, 0.25) is 10.0 Å². The Kier molecular flexibility index (Phi) is 10.2. The van der Waals surface area contributed by atoms with Gasteiger partial charge in [0.15, 0.2) is 0 Å².